The molecule has 0 unspecified atom stereocenters. The normalized spacial score (nSPS) is 17.9. The van der Waals surface area contributed by atoms with Crippen molar-refractivity contribution in [2.75, 3.05) is 31.5 Å². The number of halogens is 2. The maximum Gasteiger partial charge on any atom is 0.256 e. The van der Waals surface area contributed by atoms with Crippen LogP contribution >= 0.6 is 15.9 Å². The highest BCUT2D eigenvalue weighted by molar-refractivity contribution is 9.10. The van der Waals surface area contributed by atoms with Crippen molar-refractivity contribution in [2.24, 2.45) is 0 Å². The van der Waals surface area contributed by atoms with Gasteiger partial charge in [0.25, 0.3) is 11.8 Å². The predicted octanol–water partition coefficient (Wildman–Crippen LogP) is 4.54. The second-order valence-electron chi connectivity index (χ2n) is 7.92. The van der Waals surface area contributed by atoms with Crippen LogP contribution in [0.1, 0.15) is 46.4 Å². The molecule has 0 aromatic heterocycles. The van der Waals surface area contributed by atoms with Gasteiger partial charge in [-0.3, -0.25) is 14.5 Å². The summed E-state index contributed by atoms with van der Waals surface area (Å²) in [7, 11) is 0. The number of nitrogens with zero attached hydrogens (tertiary/aromatic N) is 2. The lowest BCUT2D eigenvalue weighted by molar-refractivity contribution is 0.0574. The van der Waals surface area contributed by atoms with Crippen LogP contribution in [-0.2, 0) is 0 Å². The van der Waals surface area contributed by atoms with Crippen molar-refractivity contribution in [1.29, 1.82) is 0 Å². The number of piperazine rings is 1. The van der Waals surface area contributed by atoms with Gasteiger partial charge in [0.2, 0.25) is 0 Å². The Bertz CT molecular complexity index is 938. The third-order valence-electron chi connectivity index (χ3n) is 5.99. The fraction of sp³-hybridized carbons (Fsp3) is 0.391. The fourth-order valence-corrected chi connectivity index (χ4v) is 4.76. The Morgan fingerprint density at radius 2 is 1.73 bits per heavy atom. The highest BCUT2D eigenvalue weighted by Crippen LogP contribution is 2.26. The maximum absolute atomic E-state index is 13.9. The first-order chi connectivity index (χ1) is 14.5. The first kappa shape index (κ1) is 21.0. The van der Waals surface area contributed by atoms with Gasteiger partial charge in [-0.1, -0.05) is 34.8 Å². The van der Waals surface area contributed by atoms with Crippen molar-refractivity contribution in [3.63, 3.8) is 0 Å². The van der Waals surface area contributed by atoms with E-state index in [1.54, 1.807) is 23.1 Å². The van der Waals surface area contributed by atoms with Gasteiger partial charge in [-0.2, -0.15) is 0 Å². The topological polar surface area (TPSA) is 52.7 Å². The summed E-state index contributed by atoms with van der Waals surface area (Å²) in [5.41, 5.74) is 0.939. The summed E-state index contributed by atoms with van der Waals surface area (Å²) in [6.45, 7) is 3.01. The summed E-state index contributed by atoms with van der Waals surface area (Å²) in [5, 5.41) is 2.71. The molecule has 0 bridgehead atoms. The third kappa shape index (κ3) is 4.73. The zero-order valence-electron chi connectivity index (χ0n) is 16.7. The smallest absolute Gasteiger partial charge is 0.256 e. The molecule has 5 nitrogen and oxygen atoms in total. The fourth-order valence-electron chi connectivity index (χ4n) is 4.36. The van der Waals surface area contributed by atoms with Gasteiger partial charge in [0.05, 0.1) is 11.3 Å². The van der Waals surface area contributed by atoms with E-state index in [-0.39, 0.29) is 17.5 Å². The summed E-state index contributed by atoms with van der Waals surface area (Å²) in [4.78, 5) is 30.1. The Morgan fingerprint density at radius 3 is 2.43 bits per heavy atom. The molecule has 1 aliphatic heterocycles. The van der Waals surface area contributed by atoms with Gasteiger partial charge in [0.15, 0.2) is 0 Å². The van der Waals surface area contributed by atoms with Crippen LogP contribution < -0.4 is 5.32 Å². The summed E-state index contributed by atoms with van der Waals surface area (Å²) in [5.74, 6) is -1.06. The number of rotatable bonds is 4. The molecular formula is C23H25BrFN3O2. The van der Waals surface area contributed by atoms with Crippen LogP contribution in [0.2, 0.25) is 0 Å². The molecule has 2 fully saturated rings. The van der Waals surface area contributed by atoms with Crippen molar-refractivity contribution in [3.8, 4) is 0 Å². The number of nitrogens with one attached hydrogen (secondary N) is 1. The van der Waals surface area contributed by atoms with E-state index in [1.165, 1.54) is 43.9 Å². The maximum atomic E-state index is 13.9. The third-order valence-corrected chi connectivity index (χ3v) is 6.48. The van der Waals surface area contributed by atoms with Gasteiger partial charge in [-0.15, -0.1) is 0 Å². The van der Waals surface area contributed by atoms with E-state index in [1.807, 2.05) is 6.07 Å². The van der Waals surface area contributed by atoms with Gasteiger partial charge < -0.3 is 10.2 Å². The molecule has 0 spiro atoms. The molecule has 2 aliphatic rings. The number of hydrogen-bond acceptors (Lipinski definition) is 3. The molecule has 1 aliphatic carbocycles. The molecular weight excluding hydrogens is 449 g/mol. The van der Waals surface area contributed by atoms with E-state index in [4.69, 9.17) is 0 Å². The molecule has 2 amide bonds. The Morgan fingerprint density at radius 1 is 1.00 bits per heavy atom. The Balaban J connectivity index is 1.47. The molecule has 0 radical (unpaired) electrons. The van der Waals surface area contributed by atoms with Crippen molar-refractivity contribution in [3.05, 3.63) is 63.9 Å². The Hall–Kier alpha value is -2.25. The van der Waals surface area contributed by atoms with E-state index in [9.17, 15) is 14.0 Å². The quantitative estimate of drug-likeness (QED) is 0.708. The Labute approximate surface area is 184 Å². The minimum atomic E-state index is -0.498. The largest absolute Gasteiger partial charge is 0.336 e. The van der Waals surface area contributed by atoms with Crippen molar-refractivity contribution < 1.29 is 14.0 Å². The Kier molecular flexibility index (Phi) is 6.49. The zero-order chi connectivity index (χ0) is 21.1. The molecule has 4 rings (SSSR count). The highest BCUT2D eigenvalue weighted by atomic mass is 79.9. The van der Waals surface area contributed by atoms with E-state index in [0.717, 1.165) is 17.6 Å². The van der Waals surface area contributed by atoms with E-state index in [0.29, 0.717) is 30.3 Å². The van der Waals surface area contributed by atoms with Gasteiger partial charge in [0.1, 0.15) is 5.82 Å². The molecule has 1 saturated carbocycles. The molecule has 0 atom stereocenters. The average Bonchev–Trinajstić information content (AvgIpc) is 3.28. The molecule has 30 heavy (non-hydrogen) atoms. The molecule has 1 N–H and O–H groups in total. The van der Waals surface area contributed by atoms with Crippen LogP contribution in [0.5, 0.6) is 0 Å². The lowest BCUT2D eigenvalue weighted by Gasteiger charge is -2.38. The first-order valence-electron chi connectivity index (χ1n) is 10.4. The van der Waals surface area contributed by atoms with Crippen LogP contribution in [0.4, 0.5) is 10.1 Å². The second kappa shape index (κ2) is 9.27. The average molecular weight is 474 g/mol. The number of hydrogen-bond donors (Lipinski definition) is 1. The van der Waals surface area contributed by atoms with Crippen molar-refractivity contribution in [2.45, 2.75) is 31.7 Å². The molecule has 1 heterocycles. The molecule has 2 aromatic carbocycles. The molecule has 7 heteroatoms. The first-order valence-corrected chi connectivity index (χ1v) is 11.2. The van der Waals surface area contributed by atoms with E-state index < -0.39 is 5.82 Å². The number of benzene rings is 2. The summed E-state index contributed by atoms with van der Waals surface area (Å²) >= 11 is 3.34. The van der Waals surface area contributed by atoms with Gasteiger partial charge in [-0.05, 0) is 49.2 Å². The lowest BCUT2D eigenvalue weighted by Crippen LogP contribution is -2.51. The molecule has 158 valence electrons. The summed E-state index contributed by atoms with van der Waals surface area (Å²) < 4.78 is 14.7. The SMILES string of the molecule is O=C(Nc1cc(F)ccc1C(=O)N1CCN(C2CCCC2)CC1)c1cccc(Br)c1. The van der Waals surface area contributed by atoms with Crippen LogP contribution in [0.25, 0.3) is 0 Å². The van der Waals surface area contributed by atoms with Gasteiger partial charge in [0, 0.05) is 42.3 Å². The minimum Gasteiger partial charge on any atom is -0.336 e. The number of amides is 2. The highest BCUT2D eigenvalue weighted by Gasteiger charge is 2.29. The minimum absolute atomic E-state index is 0.175. The van der Waals surface area contributed by atoms with Gasteiger partial charge >= 0.3 is 0 Å². The van der Waals surface area contributed by atoms with Crippen LogP contribution in [-0.4, -0.2) is 53.8 Å². The standard InChI is InChI=1S/C23H25BrFN3O2/c24-17-5-3-4-16(14-17)22(29)26-21-15-18(25)8-9-20(21)23(30)28-12-10-27(11-13-28)19-6-1-2-7-19/h3-5,8-9,14-15,19H,1-2,6-7,10-13H2,(H,26,29). The van der Waals surface area contributed by atoms with Gasteiger partial charge in [-0.25, -0.2) is 4.39 Å². The summed E-state index contributed by atoms with van der Waals surface area (Å²) in [6, 6.07) is 11.5. The summed E-state index contributed by atoms with van der Waals surface area (Å²) in [6.07, 6.45) is 5.08. The molecule has 1 saturated heterocycles. The van der Waals surface area contributed by atoms with E-state index in [2.05, 4.69) is 26.1 Å². The zero-order valence-corrected chi connectivity index (χ0v) is 18.3. The lowest BCUT2D eigenvalue weighted by atomic mass is 10.1. The van der Waals surface area contributed by atoms with Crippen molar-refractivity contribution >= 4 is 33.4 Å². The number of carbonyl (C=O) groups excluding carboxylic acids is 2. The van der Waals surface area contributed by atoms with Crippen molar-refractivity contribution in [1.82, 2.24) is 9.80 Å². The van der Waals surface area contributed by atoms with E-state index >= 15 is 0 Å². The number of anilines is 1. The predicted molar refractivity (Wildman–Crippen MR) is 118 cm³/mol. The monoisotopic (exact) mass is 473 g/mol. The second-order valence-corrected chi connectivity index (χ2v) is 8.84. The van der Waals surface area contributed by atoms with Crippen LogP contribution in [0.3, 0.4) is 0 Å². The van der Waals surface area contributed by atoms with Crippen LogP contribution in [0.15, 0.2) is 46.9 Å². The van der Waals surface area contributed by atoms with Crippen LogP contribution in [0, 0.1) is 5.82 Å². The number of carbonyl (C=O) groups is 2. The molecule has 2 aromatic rings.